The molecule has 5 heteroatoms. The summed E-state index contributed by atoms with van der Waals surface area (Å²) in [6.45, 7) is 0. The van der Waals surface area contributed by atoms with Gasteiger partial charge in [0.15, 0.2) is 0 Å². The van der Waals surface area contributed by atoms with Gasteiger partial charge >= 0.3 is 0 Å². The maximum Gasteiger partial charge on any atom is 0.265 e. The average Bonchev–Trinajstić information content (AvgIpc) is 1.30. The van der Waals surface area contributed by atoms with Gasteiger partial charge in [-0.15, -0.1) is 12.6 Å². The van der Waals surface area contributed by atoms with E-state index >= 15 is 0 Å². The summed E-state index contributed by atoms with van der Waals surface area (Å²) in [7, 11) is -3.25. The molecule has 0 aromatic rings. The third-order valence-corrected chi connectivity index (χ3v) is 1.12. The summed E-state index contributed by atoms with van der Waals surface area (Å²) < 4.78 is 24.0. The fourth-order valence-electron chi connectivity index (χ4n) is 0.0957. The predicted molar refractivity (Wildman–Crippen MR) is 29.8 cm³/mol. The molecular formula is C2H6O3S2. The Kier molecular flexibility index (Phi) is 2.63. The van der Waals surface area contributed by atoms with Crippen molar-refractivity contribution in [1.29, 1.82) is 0 Å². The maximum absolute atomic E-state index is 9.96. The molecule has 0 aliphatic heterocycles. The van der Waals surface area contributed by atoms with Crippen LogP contribution >= 0.6 is 12.6 Å². The first-order chi connectivity index (χ1) is 3.06. The summed E-state index contributed by atoms with van der Waals surface area (Å²) in [5.74, 6) is -0.0845. The minimum Gasteiger partial charge on any atom is -0.260 e. The quantitative estimate of drug-likeness (QED) is 0.331. The van der Waals surface area contributed by atoms with Crippen molar-refractivity contribution in [3.8, 4) is 0 Å². The average molecular weight is 142 g/mol. The van der Waals surface area contributed by atoms with Crippen LogP contribution in [0, 0.1) is 0 Å². The van der Waals surface area contributed by atoms with Crippen LogP contribution in [0.2, 0.25) is 0 Å². The Hall–Kier alpha value is 0.260. The van der Waals surface area contributed by atoms with Crippen molar-refractivity contribution < 1.29 is 12.6 Å². The molecule has 0 aromatic carbocycles. The third kappa shape index (κ3) is 6.26. The molecule has 0 saturated heterocycles. The summed E-state index contributed by atoms with van der Waals surface area (Å²) in [4.78, 5) is 0. The molecule has 0 aliphatic rings. The molecular weight excluding hydrogens is 136 g/mol. The van der Waals surface area contributed by atoms with Crippen LogP contribution in [0.4, 0.5) is 0 Å². The molecule has 0 amide bonds. The maximum atomic E-state index is 9.96. The molecule has 0 unspecified atom stereocenters. The zero-order valence-corrected chi connectivity index (χ0v) is 5.50. The standard InChI is InChI=1S/C2H6O3S2/c1-7(3,4)5-2-6/h6H,2H2,1H3. The van der Waals surface area contributed by atoms with Crippen LogP contribution < -0.4 is 0 Å². The summed E-state index contributed by atoms with van der Waals surface area (Å²) in [6.07, 6.45) is 0.975. The van der Waals surface area contributed by atoms with E-state index in [1.54, 1.807) is 0 Å². The zero-order valence-electron chi connectivity index (χ0n) is 3.79. The second-order valence-corrected chi connectivity index (χ2v) is 2.85. The first-order valence-corrected chi connectivity index (χ1v) is 3.96. The smallest absolute Gasteiger partial charge is 0.260 e. The van der Waals surface area contributed by atoms with Crippen molar-refractivity contribution in [2.45, 2.75) is 0 Å². The van der Waals surface area contributed by atoms with Crippen LogP contribution in [0.1, 0.15) is 0 Å². The summed E-state index contributed by atoms with van der Waals surface area (Å²) in [5, 5.41) is 0. The summed E-state index contributed by atoms with van der Waals surface area (Å²) >= 11 is 3.51. The second-order valence-electron chi connectivity index (χ2n) is 0.951. The van der Waals surface area contributed by atoms with Gasteiger partial charge in [-0.25, -0.2) is 0 Å². The van der Waals surface area contributed by atoms with E-state index in [0.29, 0.717) is 0 Å². The molecule has 0 radical (unpaired) electrons. The predicted octanol–water partition coefficient (Wildman–Crippen LogP) is -0.150. The highest BCUT2D eigenvalue weighted by Gasteiger charge is 1.95. The zero-order chi connectivity index (χ0) is 5.91. The van der Waals surface area contributed by atoms with Crippen molar-refractivity contribution in [2.24, 2.45) is 0 Å². The van der Waals surface area contributed by atoms with E-state index in [4.69, 9.17) is 0 Å². The molecule has 0 bridgehead atoms. The molecule has 0 saturated carbocycles. The van der Waals surface area contributed by atoms with E-state index in [2.05, 4.69) is 16.8 Å². The van der Waals surface area contributed by atoms with Crippen LogP contribution in [0.25, 0.3) is 0 Å². The van der Waals surface area contributed by atoms with Crippen molar-refractivity contribution in [3.63, 3.8) is 0 Å². The first kappa shape index (κ1) is 7.26. The Morgan fingerprint density at radius 3 is 2.14 bits per heavy atom. The normalized spacial score (nSPS) is 11.7. The van der Waals surface area contributed by atoms with Crippen molar-refractivity contribution >= 4 is 22.7 Å². The summed E-state index contributed by atoms with van der Waals surface area (Å²) in [5.41, 5.74) is 0. The van der Waals surface area contributed by atoms with Gasteiger partial charge in [-0.1, -0.05) is 0 Å². The minimum atomic E-state index is -3.25. The third-order valence-electron chi connectivity index (χ3n) is 0.267. The lowest BCUT2D eigenvalue weighted by molar-refractivity contribution is 0.387. The molecule has 3 nitrogen and oxygen atoms in total. The van der Waals surface area contributed by atoms with Crippen molar-refractivity contribution in [3.05, 3.63) is 0 Å². The fraction of sp³-hybridized carbons (Fsp3) is 1.00. The van der Waals surface area contributed by atoms with E-state index in [9.17, 15) is 8.42 Å². The van der Waals surface area contributed by atoms with E-state index in [-0.39, 0.29) is 5.94 Å². The molecule has 7 heavy (non-hydrogen) atoms. The first-order valence-electron chi connectivity index (χ1n) is 1.51. The minimum absolute atomic E-state index is 0.0845. The van der Waals surface area contributed by atoms with Crippen LogP contribution in [0.5, 0.6) is 0 Å². The molecule has 0 rings (SSSR count). The van der Waals surface area contributed by atoms with E-state index in [1.807, 2.05) is 0 Å². The number of thiol groups is 1. The Balaban J connectivity index is 3.60. The van der Waals surface area contributed by atoms with Gasteiger partial charge in [0.1, 0.15) is 5.94 Å². The molecule has 44 valence electrons. The SMILES string of the molecule is CS(=O)(=O)OCS. The monoisotopic (exact) mass is 142 g/mol. The van der Waals surface area contributed by atoms with Gasteiger partial charge in [-0.05, 0) is 0 Å². The highest BCUT2D eigenvalue weighted by Crippen LogP contribution is 1.85. The van der Waals surface area contributed by atoms with Gasteiger partial charge in [-0.3, -0.25) is 4.18 Å². The largest absolute Gasteiger partial charge is 0.265 e. The topological polar surface area (TPSA) is 43.4 Å². The van der Waals surface area contributed by atoms with Crippen LogP contribution in [0.15, 0.2) is 0 Å². The van der Waals surface area contributed by atoms with Crippen LogP contribution in [-0.2, 0) is 14.3 Å². The van der Waals surface area contributed by atoms with Gasteiger partial charge in [0.25, 0.3) is 10.1 Å². The highest BCUT2D eigenvalue weighted by atomic mass is 32.2. The van der Waals surface area contributed by atoms with Gasteiger partial charge in [-0.2, -0.15) is 8.42 Å². The highest BCUT2D eigenvalue weighted by molar-refractivity contribution is 7.87. The molecule has 0 atom stereocenters. The van der Waals surface area contributed by atoms with Crippen LogP contribution in [0.3, 0.4) is 0 Å². The molecule has 0 spiro atoms. The van der Waals surface area contributed by atoms with E-state index in [1.165, 1.54) is 0 Å². The Morgan fingerprint density at radius 2 is 2.14 bits per heavy atom. The lowest BCUT2D eigenvalue weighted by Crippen LogP contribution is -1.99. The number of rotatable bonds is 2. The fourth-order valence-corrected chi connectivity index (χ4v) is 0.862. The molecule has 0 heterocycles. The Labute approximate surface area is 48.2 Å². The van der Waals surface area contributed by atoms with Crippen molar-refractivity contribution in [2.75, 3.05) is 12.2 Å². The lowest BCUT2D eigenvalue weighted by Gasteiger charge is -1.90. The summed E-state index contributed by atoms with van der Waals surface area (Å²) in [6, 6.07) is 0. The van der Waals surface area contributed by atoms with E-state index < -0.39 is 10.1 Å². The molecule has 0 fully saturated rings. The van der Waals surface area contributed by atoms with Gasteiger partial charge < -0.3 is 0 Å². The number of hydrogen-bond acceptors (Lipinski definition) is 4. The van der Waals surface area contributed by atoms with E-state index in [0.717, 1.165) is 6.26 Å². The molecule has 0 aliphatic carbocycles. The van der Waals surface area contributed by atoms with Gasteiger partial charge in [0, 0.05) is 0 Å². The molecule has 0 N–H and O–H groups in total. The molecule has 0 aromatic heterocycles. The van der Waals surface area contributed by atoms with Gasteiger partial charge in [0.2, 0.25) is 0 Å². The van der Waals surface area contributed by atoms with Crippen LogP contribution in [-0.4, -0.2) is 20.6 Å². The van der Waals surface area contributed by atoms with Crippen molar-refractivity contribution in [1.82, 2.24) is 0 Å². The second kappa shape index (κ2) is 2.54. The Morgan fingerprint density at radius 1 is 1.71 bits per heavy atom. The number of hydrogen-bond donors (Lipinski definition) is 1. The lowest BCUT2D eigenvalue weighted by atomic mass is 11.7. The van der Waals surface area contributed by atoms with Gasteiger partial charge in [0.05, 0.1) is 6.26 Å². The Bertz CT molecular complexity index is 124.